The molecule has 0 spiro atoms. The van der Waals surface area contributed by atoms with Crippen molar-refractivity contribution in [1.82, 2.24) is 0 Å². The third-order valence-corrected chi connectivity index (χ3v) is 7.43. The van der Waals surface area contributed by atoms with E-state index in [1.807, 2.05) is 26.0 Å². The summed E-state index contributed by atoms with van der Waals surface area (Å²) in [6, 6.07) is 18.5. The third-order valence-electron chi connectivity index (χ3n) is 5.49. The normalized spacial score (nSPS) is 12.0. The molecule has 0 fully saturated rings. The summed E-state index contributed by atoms with van der Waals surface area (Å²) >= 11 is 7.67. The highest BCUT2D eigenvalue weighted by Gasteiger charge is 2.24. The summed E-state index contributed by atoms with van der Waals surface area (Å²) in [5, 5.41) is 4.13. The van der Waals surface area contributed by atoms with Gasteiger partial charge in [-0.25, -0.2) is 12.8 Å². The standard InChI is InChI=1S/C25H22ClFN2O3S2/c1-25(2,16-4-6-19(27)7-5-16)17-12-18(26)14-21(13-17)28-24(30)23-11-15-10-20(29-34(3,31)32)8-9-22(15)33-23/h4-14,29H,1-3H3,(H,28,30). The monoisotopic (exact) mass is 516 g/mol. The lowest BCUT2D eigenvalue weighted by Crippen LogP contribution is -2.19. The first-order chi connectivity index (χ1) is 15.9. The molecule has 1 heterocycles. The van der Waals surface area contributed by atoms with E-state index in [2.05, 4.69) is 10.0 Å². The summed E-state index contributed by atoms with van der Waals surface area (Å²) in [6.45, 7) is 4.01. The first-order valence-corrected chi connectivity index (χ1v) is 13.4. The second kappa shape index (κ2) is 9.02. The van der Waals surface area contributed by atoms with Crippen LogP contribution in [0, 0.1) is 5.82 Å². The van der Waals surface area contributed by atoms with E-state index in [0.29, 0.717) is 21.3 Å². The van der Waals surface area contributed by atoms with Gasteiger partial charge >= 0.3 is 0 Å². The Bertz CT molecular complexity index is 1500. The van der Waals surface area contributed by atoms with Crippen LogP contribution in [0.2, 0.25) is 5.02 Å². The van der Waals surface area contributed by atoms with Crippen LogP contribution in [-0.4, -0.2) is 20.6 Å². The Labute approximate surface area is 206 Å². The van der Waals surface area contributed by atoms with Crippen molar-refractivity contribution in [3.63, 3.8) is 0 Å². The number of fused-ring (bicyclic) bond motifs is 1. The molecule has 176 valence electrons. The highest BCUT2D eigenvalue weighted by Crippen LogP contribution is 2.35. The van der Waals surface area contributed by atoms with Gasteiger partial charge in [-0.3, -0.25) is 9.52 Å². The Morgan fingerprint density at radius 2 is 1.65 bits per heavy atom. The van der Waals surface area contributed by atoms with Crippen molar-refractivity contribution in [3.8, 4) is 0 Å². The first kappa shape index (κ1) is 24.2. The molecule has 3 aromatic carbocycles. The lowest BCUT2D eigenvalue weighted by molar-refractivity contribution is 0.103. The number of thiophene rings is 1. The number of benzene rings is 3. The van der Waals surface area contributed by atoms with Crippen LogP contribution in [0.1, 0.15) is 34.6 Å². The number of halogens is 2. The fourth-order valence-corrected chi connectivity index (χ4v) is 5.41. The number of sulfonamides is 1. The Kier molecular flexibility index (Phi) is 6.42. The number of anilines is 2. The molecule has 0 saturated carbocycles. The topological polar surface area (TPSA) is 75.3 Å². The van der Waals surface area contributed by atoms with Crippen LogP contribution < -0.4 is 10.0 Å². The SMILES string of the molecule is CC(C)(c1ccc(F)cc1)c1cc(Cl)cc(NC(=O)c2cc3cc(NS(C)(=O)=O)ccc3s2)c1. The quantitative estimate of drug-likeness (QED) is 0.301. The third kappa shape index (κ3) is 5.41. The van der Waals surface area contributed by atoms with Crippen molar-refractivity contribution in [2.24, 2.45) is 0 Å². The minimum Gasteiger partial charge on any atom is -0.321 e. The van der Waals surface area contributed by atoms with E-state index < -0.39 is 15.4 Å². The molecule has 0 saturated heterocycles. The van der Waals surface area contributed by atoms with Crippen LogP contribution in [0.5, 0.6) is 0 Å². The average molecular weight is 517 g/mol. The fraction of sp³-hybridized carbons (Fsp3) is 0.160. The molecule has 0 atom stereocenters. The predicted octanol–water partition coefficient (Wildman–Crippen LogP) is 6.64. The van der Waals surface area contributed by atoms with E-state index >= 15 is 0 Å². The zero-order valence-corrected chi connectivity index (χ0v) is 21.0. The fourth-order valence-electron chi connectivity index (χ4n) is 3.68. The van der Waals surface area contributed by atoms with E-state index in [4.69, 9.17) is 11.6 Å². The Balaban J connectivity index is 1.60. The van der Waals surface area contributed by atoms with Crippen molar-refractivity contribution in [3.05, 3.63) is 93.6 Å². The van der Waals surface area contributed by atoms with E-state index in [9.17, 15) is 17.6 Å². The van der Waals surface area contributed by atoms with Crippen molar-refractivity contribution in [1.29, 1.82) is 0 Å². The Morgan fingerprint density at radius 3 is 2.32 bits per heavy atom. The Morgan fingerprint density at radius 1 is 0.941 bits per heavy atom. The van der Waals surface area contributed by atoms with Gasteiger partial charge in [0.2, 0.25) is 10.0 Å². The van der Waals surface area contributed by atoms with Gasteiger partial charge in [0.15, 0.2) is 0 Å². The molecule has 1 amide bonds. The minimum atomic E-state index is -3.40. The number of nitrogens with one attached hydrogen (secondary N) is 2. The molecule has 34 heavy (non-hydrogen) atoms. The Hall–Kier alpha value is -2.94. The highest BCUT2D eigenvalue weighted by atomic mass is 35.5. The molecule has 1 aromatic heterocycles. The van der Waals surface area contributed by atoms with Crippen LogP contribution in [0.3, 0.4) is 0 Å². The molecule has 0 aliphatic rings. The van der Waals surface area contributed by atoms with Crippen molar-refractivity contribution in [2.45, 2.75) is 19.3 Å². The molecule has 0 radical (unpaired) electrons. The zero-order valence-electron chi connectivity index (χ0n) is 18.6. The second-order valence-corrected chi connectivity index (χ2v) is 11.8. The molecular weight excluding hydrogens is 495 g/mol. The predicted molar refractivity (Wildman–Crippen MR) is 138 cm³/mol. The second-order valence-electron chi connectivity index (χ2n) is 8.55. The van der Waals surface area contributed by atoms with Gasteiger partial charge in [0.05, 0.1) is 11.1 Å². The number of carbonyl (C=O) groups is 1. The maximum absolute atomic E-state index is 13.4. The van der Waals surface area contributed by atoms with Gasteiger partial charge in [0.25, 0.3) is 5.91 Å². The number of carbonyl (C=O) groups excluding carboxylic acids is 1. The van der Waals surface area contributed by atoms with Crippen molar-refractivity contribution >= 4 is 60.3 Å². The molecule has 4 aromatic rings. The van der Waals surface area contributed by atoms with Gasteiger partial charge in [-0.05, 0) is 71.1 Å². The van der Waals surface area contributed by atoms with E-state index in [1.165, 1.54) is 23.5 Å². The van der Waals surface area contributed by atoms with E-state index in [-0.39, 0.29) is 11.7 Å². The largest absolute Gasteiger partial charge is 0.321 e. The molecule has 9 heteroatoms. The molecule has 0 unspecified atom stereocenters. The van der Waals surface area contributed by atoms with Gasteiger partial charge in [0.1, 0.15) is 5.82 Å². The number of amides is 1. The van der Waals surface area contributed by atoms with Crippen molar-refractivity contribution in [2.75, 3.05) is 16.3 Å². The van der Waals surface area contributed by atoms with Gasteiger partial charge < -0.3 is 5.32 Å². The van der Waals surface area contributed by atoms with E-state index in [1.54, 1.807) is 42.5 Å². The van der Waals surface area contributed by atoms with Crippen LogP contribution in [-0.2, 0) is 15.4 Å². The first-order valence-electron chi connectivity index (χ1n) is 10.3. The lowest BCUT2D eigenvalue weighted by atomic mass is 9.78. The van der Waals surface area contributed by atoms with Gasteiger partial charge in [-0.15, -0.1) is 11.3 Å². The summed E-state index contributed by atoms with van der Waals surface area (Å²) in [5.74, 6) is -0.604. The molecule has 0 bridgehead atoms. The maximum Gasteiger partial charge on any atom is 0.265 e. The summed E-state index contributed by atoms with van der Waals surface area (Å²) in [7, 11) is -3.40. The number of hydrogen-bond donors (Lipinski definition) is 2. The van der Waals surface area contributed by atoms with Gasteiger partial charge in [0, 0.05) is 26.5 Å². The van der Waals surface area contributed by atoms with Crippen LogP contribution in [0.15, 0.2) is 66.7 Å². The van der Waals surface area contributed by atoms with Crippen LogP contribution in [0.25, 0.3) is 10.1 Å². The van der Waals surface area contributed by atoms with Crippen molar-refractivity contribution < 1.29 is 17.6 Å². The van der Waals surface area contributed by atoms with Crippen LogP contribution in [0.4, 0.5) is 15.8 Å². The molecular formula is C25H22ClFN2O3S2. The summed E-state index contributed by atoms with van der Waals surface area (Å²) in [5.41, 5.74) is 2.28. The molecule has 4 rings (SSSR count). The molecule has 5 nitrogen and oxygen atoms in total. The maximum atomic E-state index is 13.4. The van der Waals surface area contributed by atoms with E-state index in [0.717, 1.165) is 27.5 Å². The smallest absolute Gasteiger partial charge is 0.265 e. The zero-order chi connectivity index (χ0) is 24.7. The average Bonchev–Trinajstić information content (AvgIpc) is 3.16. The molecule has 2 N–H and O–H groups in total. The summed E-state index contributed by atoms with van der Waals surface area (Å²) in [4.78, 5) is 13.5. The molecule has 0 aliphatic heterocycles. The lowest BCUT2D eigenvalue weighted by Gasteiger charge is -2.27. The minimum absolute atomic E-state index is 0.299. The number of hydrogen-bond acceptors (Lipinski definition) is 4. The van der Waals surface area contributed by atoms with Crippen LogP contribution >= 0.6 is 22.9 Å². The summed E-state index contributed by atoms with van der Waals surface area (Å²) < 4.78 is 39.6. The van der Waals surface area contributed by atoms with Gasteiger partial charge in [-0.2, -0.15) is 0 Å². The molecule has 0 aliphatic carbocycles. The summed E-state index contributed by atoms with van der Waals surface area (Å²) in [6.07, 6.45) is 1.08. The number of rotatable bonds is 6. The van der Waals surface area contributed by atoms with Gasteiger partial charge in [-0.1, -0.05) is 37.6 Å². The highest BCUT2D eigenvalue weighted by molar-refractivity contribution is 7.92.